The van der Waals surface area contributed by atoms with Crippen molar-refractivity contribution in [1.82, 2.24) is 18.8 Å². The van der Waals surface area contributed by atoms with Crippen LogP contribution in [0.15, 0.2) is 47.5 Å². The lowest BCUT2D eigenvalue weighted by Crippen LogP contribution is -2.39. The molecule has 0 unspecified atom stereocenters. The molecule has 1 aliphatic heterocycles. The average molecular weight is 454 g/mol. The highest BCUT2D eigenvalue weighted by atomic mass is 32.2. The standard InChI is InChI=1S/C20H21F3N4O3S/c1-2-30-15-5-7-16(8-6-15)31(28,29)26-12-9-14(10-13-26)27-18-17(4-3-11-24-18)25-19(27)20(21,22)23/h3-8,11,14H,2,9-10,12-13H2,1H3. The van der Waals surface area contributed by atoms with Crippen LogP contribution in [0.1, 0.15) is 31.6 Å². The van der Waals surface area contributed by atoms with Crippen LogP contribution in [0.3, 0.4) is 0 Å². The third kappa shape index (κ3) is 4.11. The van der Waals surface area contributed by atoms with Crippen LogP contribution in [0.5, 0.6) is 5.75 Å². The minimum atomic E-state index is -4.63. The van der Waals surface area contributed by atoms with Gasteiger partial charge >= 0.3 is 6.18 Å². The van der Waals surface area contributed by atoms with E-state index in [0.717, 1.165) is 4.57 Å². The zero-order chi connectivity index (χ0) is 22.2. The Hall–Kier alpha value is -2.66. The molecule has 31 heavy (non-hydrogen) atoms. The van der Waals surface area contributed by atoms with Crippen LogP contribution in [0.4, 0.5) is 13.2 Å². The Bertz CT molecular complexity index is 1170. The number of hydrogen-bond donors (Lipinski definition) is 0. The molecule has 0 N–H and O–H groups in total. The van der Waals surface area contributed by atoms with Crippen LogP contribution in [-0.2, 0) is 16.2 Å². The smallest absolute Gasteiger partial charge is 0.449 e. The number of fused-ring (bicyclic) bond motifs is 1. The molecule has 1 fully saturated rings. The van der Waals surface area contributed by atoms with Crippen molar-refractivity contribution in [3.63, 3.8) is 0 Å². The lowest BCUT2D eigenvalue weighted by molar-refractivity contribution is -0.147. The minimum Gasteiger partial charge on any atom is -0.494 e. The number of ether oxygens (including phenoxy) is 1. The highest BCUT2D eigenvalue weighted by Gasteiger charge is 2.41. The number of hydrogen-bond acceptors (Lipinski definition) is 5. The highest BCUT2D eigenvalue weighted by molar-refractivity contribution is 7.89. The van der Waals surface area contributed by atoms with Gasteiger partial charge in [0.1, 0.15) is 11.3 Å². The second kappa shape index (κ2) is 8.12. The first-order valence-corrected chi connectivity index (χ1v) is 11.3. The van der Waals surface area contributed by atoms with Crippen molar-refractivity contribution in [2.24, 2.45) is 0 Å². The number of rotatable bonds is 5. The molecule has 11 heteroatoms. The maximum absolute atomic E-state index is 13.6. The predicted molar refractivity (Wildman–Crippen MR) is 107 cm³/mol. The fraction of sp³-hybridized carbons (Fsp3) is 0.400. The summed E-state index contributed by atoms with van der Waals surface area (Å²) in [7, 11) is -3.75. The summed E-state index contributed by atoms with van der Waals surface area (Å²) in [4.78, 5) is 7.94. The number of benzene rings is 1. The largest absolute Gasteiger partial charge is 0.494 e. The fourth-order valence-electron chi connectivity index (χ4n) is 3.84. The number of aromatic nitrogens is 3. The molecule has 0 spiro atoms. The molecule has 0 radical (unpaired) electrons. The van der Waals surface area contributed by atoms with Crippen molar-refractivity contribution in [3.8, 4) is 5.75 Å². The number of pyridine rings is 1. The van der Waals surface area contributed by atoms with Crippen molar-refractivity contribution < 1.29 is 26.3 Å². The molecule has 166 valence electrons. The van der Waals surface area contributed by atoms with Crippen LogP contribution in [0.25, 0.3) is 11.2 Å². The summed E-state index contributed by atoms with van der Waals surface area (Å²) in [6, 6.07) is 8.58. The van der Waals surface area contributed by atoms with E-state index in [2.05, 4.69) is 9.97 Å². The minimum absolute atomic E-state index is 0.101. The molecule has 1 saturated heterocycles. The van der Waals surface area contributed by atoms with Gasteiger partial charge in [0.15, 0.2) is 5.65 Å². The van der Waals surface area contributed by atoms with Gasteiger partial charge in [-0.3, -0.25) is 0 Å². The Morgan fingerprint density at radius 2 is 1.81 bits per heavy atom. The Morgan fingerprint density at radius 1 is 1.13 bits per heavy atom. The molecule has 2 aromatic heterocycles. The van der Waals surface area contributed by atoms with Crippen LogP contribution in [0, 0.1) is 0 Å². The van der Waals surface area contributed by atoms with Crippen LogP contribution in [0.2, 0.25) is 0 Å². The Morgan fingerprint density at radius 3 is 2.42 bits per heavy atom. The second-order valence-electron chi connectivity index (χ2n) is 7.19. The van der Waals surface area contributed by atoms with E-state index >= 15 is 0 Å². The summed E-state index contributed by atoms with van der Waals surface area (Å²) in [5.41, 5.74) is 0.321. The number of alkyl halides is 3. The first-order chi connectivity index (χ1) is 14.7. The molecule has 3 aromatic rings. The van der Waals surface area contributed by atoms with Gasteiger partial charge in [0, 0.05) is 25.3 Å². The summed E-state index contributed by atoms with van der Waals surface area (Å²) in [5, 5.41) is 0. The summed E-state index contributed by atoms with van der Waals surface area (Å²) in [5.74, 6) is -0.437. The Labute approximate surface area is 177 Å². The molecular weight excluding hydrogens is 433 g/mol. The fourth-order valence-corrected chi connectivity index (χ4v) is 5.31. The van der Waals surface area contributed by atoms with Gasteiger partial charge < -0.3 is 9.30 Å². The van der Waals surface area contributed by atoms with Gasteiger partial charge in [-0.25, -0.2) is 18.4 Å². The van der Waals surface area contributed by atoms with Crippen molar-refractivity contribution >= 4 is 21.2 Å². The second-order valence-corrected chi connectivity index (χ2v) is 9.13. The van der Waals surface area contributed by atoms with Crippen molar-refractivity contribution in [3.05, 3.63) is 48.4 Å². The van der Waals surface area contributed by atoms with E-state index in [1.165, 1.54) is 34.8 Å². The molecular formula is C20H21F3N4O3S. The lowest BCUT2D eigenvalue weighted by Gasteiger charge is -2.32. The average Bonchev–Trinajstić information content (AvgIpc) is 3.15. The summed E-state index contributed by atoms with van der Waals surface area (Å²) in [6.07, 6.45) is -2.76. The maximum atomic E-state index is 13.6. The van der Waals surface area contributed by atoms with E-state index < -0.39 is 28.1 Å². The van der Waals surface area contributed by atoms with Crippen molar-refractivity contribution in [2.75, 3.05) is 19.7 Å². The topological polar surface area (TPSA) is 77.3 Å². The van der Waals surface area contributed by atoms with E-state index in [9.17, 15) is 21.6 Å². The third-order valence-electron chi connectivity index (χ3n) is 5.26. The zero-order valence-corrected chi connectivity index (χ0v) is 17.5. The van der Waals surface area contributed by atoms with Gasteiger partial charge in [-0.2, -0.15) is 17.5 Å². The Balaban J connectivity index is 1.56. The normalized spacial score (nSPS) is 16.6. The van der Waals surface area contributed by atoms with E-state index in [4.69, 9.17) is 4.74 Å². The number of imidazole rings is 1. The van der Waals surface area contributed by atoms with Crippen LogP contribution < -0.4 is 4.74 Å². The highest BCUT2D eigenvalue weighted by Crippen LogP contribution is 2.36. The Kier molecular flexibility index (Phi) is 5.65. The molecule has 0 bridgehead atoms. The summed E-state index contributed by atoms with van der Waals surface area (Å²) in [6.45, 7) is 2.50. The number of piperidine rings is 1. The number of halogens is 3. The molecule has 1 aliphatic rings. The quantitative estimate of drug-likeness (QED) is 0.585. The third-order valence-corrected chi connectivity index (χ3v) is 7.18. The summed E-state index contributed by atoms with van der Waals surface area (Å²) >= 11 is 0. The van der Waals surface area contributed by atoms with Crippen LogP contribution >= 0.6 is 0 Å². The maximum Gasteiger partial charge on any atom is 0.449 e. The lowest BCUT2D eigenvalue weighted by atomic mass is 10.1. The van der Waals surface area contributed by atoms with Crippen LogP contribution in [-0.4, -0.2) is 47.0 Å². The van der Waals surface area contributed by atoms with Gasteiger partial charge in [-0.1, -0.05) is 0 Å². The summed E-state index contributed by atoms with van der Waals surface area (Å²) < 4.78 is 74.4. The van der Waals surface area contributed by atoms with E-state index in [-0.39, 0.29) is 42.0 Å². The SMILES string of the molecule is CCOc1ccc(S(=O)(=O)N2CCC(n3c(C(F)(F)F)nc4cccnc43)CC2)cc1. The number of sulfonamides is 1. The molecule has 0 atom stereocenters. The van der Waals surface area contributed by atoms with E-state index in [0.29, 0.717) is 12.4 Å². The van der Waals surface area contributed by atoms with Gasteiger partial charge in [-0.15, -0.1) is 0 Å². The van der Waals surface area contributed by atoms with Gasteiger partial charge in [0.2, 0.25) is 15.8 Å². The molecule has 0 aliphatic carbocycles. The zero-order valence-electron chi connectivity index (χ0n) is 16.7. The number of nitrogens with zero attached hydrogens (tertiary/aromatic N) is 4. The van der Waals surface area contributed by atoms with Crippen molar-refractivity contribution in [2.45, 2.75) is 36.9 Å². The molecule has 3 heterocycles. The van der Waals surface area contributed by atoms with Gasteiger partial charge in [0.25, 0.3) is 0 Å². The molecule has 0 amide bonds. The van der Waals surface area contributed by atoms with Gasteiger partial charge in [-0.05, 0) is 56.2 Å². The van der Waals surface area contributed by atoms with Gasteiger partial charge in [0.05, 0.1) is 11.5 Å². The first-order valence-electron chi connectivity index (χ1n) is 9.85. The van der Waals surface area contributed by atoms with E-state index in [1.807, 2.05) is 6.92 Å². The first kappa shape index (κ1) is 21.6. The molecule has 1 aromatic carbocycles. The predicted octanol–water partition coefficient (Wildman–Crippen LogP) is 3.87. The molecule has 4 rings (SSSR count). The van der Waals surface area contributed by atoms with E-state index in [1.54, 1.807) is 12.1 Å². The monoisotopic (exact) mass is 454 g/mol. The molecule has 7 nitrogen and oxygen atoms in total. The van der Waals surface area contributed by atoms with Crippen molar-refractivity contribution in [1.29, 1.82) is 0 Å². The molecule has 0 saturated carbocycles.